The van der Waals surface area contributed by atoms with Gasteiger partial charge in [-0.15, -0.1) is 10.2 Å². The fraction of sp³-hybridized carbons (Fsp3) is 0.875. The molecule has 2 aliphatic rings. The third kappa shape index (κ3) is 5.91. The summed E-state index contributed by atoms with van der Waals surface area (Å²) in [5, 5.41) is 0. The maximum Gasteiger partial charge on any atom is 0.336 e. The van der Waals surface area contributed by atoms with E-state index in [0.29, 0.717) is 0 Å². The van der Waals surface area contributed by atoms with Crippen molar-refractivity contribution in [3.8, 4) is 0 Å². The Hall–Kier alpha value is -0.400. The van der Waals surface area contributed by atoms with Gasteiger partial charge in [0.1, 0.15) is 13.1 Å². The largest absolute Gasteiger partial charge is 0.448 e. The first-order valence-corrected chi connectivity index (χ1v) is 6.05. The number of nitrogens with zero attached hydrogens (tertiary/aromatic N) is 1. The van der Waals surface area contributed by atoms with Gasteiger partial charge in [0, 0.05) is 12.8 Å². The molecule has 0 aromatic rings. The first kappa shape index (κ1) is 12.7. The number of halogens is 1. The van der Waals surface area contributed by atoms with Crippen LogP contribution in [0.5, 0.6) is 0 Å². The van der Waals surface area contributed by atoms with Crippen LogP contribution in [-0.4, -0.2) is 30.2 Å². The monoisotopic (exact) mass is 239 g/mol. The van der Waals surface area contributed by atoms with Crippen LogP contribution in [0.3, 0.4) is 0 Å². The minimum absolute atomic E-state index is 0.950. The van der Waals surface area contributed by atoms with Crippen LogP contribution in [0.15, 0.2) is 0 Å². The Labute approximate surface area is 90.1 Å². The molecule has 0 aliphatic carbocycles. The lowest BCUT2D eigenvalue weighted by Gasteiger charge is -2.18. The van der Waals surface area contributed by atoms with Gasteiger partial charge in [0.2, 0.25) is 0 Å². The summed E-state index contributed by atoms with van der Waals surface area (Å²) in [6.07, 6.45) is 5.07. The zero-order chi connectivity index (χ0) is 11.3. The summed E-state index contributed by atoms with van der Waals surface area (Å²) in [7, 11) is -4.94. The summed E-state index contributed by atoms with van der Waals surface area (Å²) in [6, 6.07) is 0. The van der Waals surface area contributed by atoms with E-state index in [-0.39, 0.29) is 0 Å². The molecule has 0 fully saturated rings. The summed E-state index contributed by atoms with van der Waals surface area (Å²) in [5.74, 6) is 1.26. The minimum Gasteiger partial charge on any atom is -0.448 e. The quantitative estimate of drug-likeness (QED) is 0.404. The molecular weight excluding hydrogens is 226 g/mol. The second kappa shape index (κ2) is 5.62. The second-order valence-electron chi connectivity index (χ2n) is 3.42. The number of ether oxygens (including phenoxy) is 1. The molecule has 0 saturated heterocycles. The van der Waals surface area contributed by atoms with Crippen molar-refractivity contribution in [3.05, 3.63) is 0 Å². The number of hydrogen-bond donors (Lipinski definition) is 0. The van der Waals surface area contributed by atoms with Gasteiger partial charge in [-0.05, 0) is 6.42 Å². The van der Waals surface area contributed by atoms with Crippen LogP contribution in [0, 0.1) is 10.2 Å². The van der Waals surface area contributed by atoms with Crippen molar-refractivity contribution in [2.45, 2.75) is 25.7 Å². The topological polar surface area (TPSA) is 104 Å². The Bertz CT molecular complexity index is 198. The molecule has 0 unspecified atom stereocenters. The van der Waals surface area contributed by atoms with Crippen molar-refractivity contribution in [2.24, 2.45) is 0 Å². The molecule has 0 atom stereocenters. The Morgan fingerprint density at radius 2 is 1.60 bits per heavy atom. The molecule has 88 valence electrons. The molecule has 0 spiro atoms. The highest BCUT2D eigenvalue weighted by molar-refractivity contribution is 5.71. The van der Waals surface area contributed by atoms with E-state index in [1.807, 2.05) is 0 Å². The van der Waals surface area contributed by atoms with Crippen LogP contribution in [0.2, 0.25) is 0 Å². The zero-order valence-electron chi connectivity index (χ0n) is 8.32. The smallest absolute Gasteiger partial charge is 0.336 e. The van der Waals surface area contributed by atoms with Gasteiger partial charge >= 0.3 is 5.90 Å². The first-order valence-electron chi connectivity index (χ1n) is 4.82. The predicted molar refractivity (Wildman–Crippen MR) is 39.4 cm³/mol. The average molecular weight is 240 g/mol. The van der Waals surface area contributed by atoms with E-state index in [0.717, 1.165) is 6.61 Å². The molecule has 0 radical (unpaired) electrons. The Morgan fingerprint density at radius 3 is 2.20 bits per heavy atom. The van der Waals surface area contributed by atoms with Crippen LogP contribution in [-0.2, 0) is 4.74 Å². The first-order chi connectivity index (χ1) is 6.97. The van der Waals surface area contributed by atoms with Crippen LogP contribution < -0.4 is 18.6 Å². The van der Waals surface area contributed by atoms with Gasteiger partial charge in [-0.3, -0.25) is 0 Å². The second-order valence-corrected chi connectivity index (χ2v) is 4.17. The van der Waals surface area contributed by atoms with Gasteiger partial charge in [0.25, 0.3) is 0 Å². The number of hydrogen-bond acceptors (Lipinski definition) is 5. The van der Waals surface area contributed by atoms with Crippen molar-refractivity contribution >= 4 is 5.90 Å². The Balaban J connectivity index is 0.000000195. The van der Waals surface area contributed by atoms with Crippen LogP contribution >= 0.6 is 0 Å². The van der Waals surface area contributed by atoms with Crippen molar-refractivity contribution in [3.63, 3.8) is 0 Å². The lowest BCUT2D eigenvalue weighted by Crippen LogP contribution is -2.68. The highest BCUT2D eigenvalue weighted by atomic mass is 35.7. The molecule has 0 amide bonds. The van der Waals surface area contributed by atoms with Crippen molar-refractivity contribution in [2.75, 3.05) is 19.7 Å². The summed E-state index contributed by atoms with van der Waals surface area (Å²) >= 11 is 0. The SMILES string of the molecule is C1CC[N+]2=C(C1)OCCC2.[O-][Cl+3]([O-])([O-])[O-]. The normalized spacial score (nSPS) is 21.1. The summed E-state index contributed by atoms with van der Waals surface area (Å²) in [5.41, 5.74) is 0. The molecule has 0 aromatic carbocycles. The summed E-state index contributed by atoms with van der Waals surface area (Å²) in [4.78, 5) is 0. The van der Waals surface area contributed by atoms with Crippen LogP contribution in [0.1, 0.15) is 25.7 Å². The third-order valence-electron chi connectivity index (χ3n) is 2.26. The van der Waals surface area contributed by atoms with E-state index in [2.05, 4.69) is 4.58 Å². The molecular formula is C8H14ClNO5. The molecule has 2 heterocycles. The molecule has 6 nitrogen and oxygen atoms in total. The van der Waals surface area contributed by atoms with Crippen molar-refractivity contribution in [1.29, 1.82) is 0 Å². The van der Waals surface area contributed by atoms with Gasteiger partial charge in [0.15, 0.2) is 0 Å². The summed E-state index contributed by atoms with van der Waals surface area (Å²) < 4.78 is 41.9. The van der Waals surface area contributed by atoms with E-state index in [1.165, 1.54) is 44.7 Å². The lowest BCUT2D eigenvalue weighted by atomic mass is 10.1. The Kier molecular flexibility index (Phi) is 4.75. The lowest BCUT2D eigenvalue weighted by molar-refractivity contribution is -2.00. The Morgan fingerprint density at radius 1 is 1.00 bits per heavy atom. The van der Waals surface area contributed by atoms with Crippen molar-refractivity contribution < 1.29 is 38.2 Å². The van der Waals surface area contributed by atoms with Gasteiger partial charge in [0.05, 0.1) is 13.0 Å². The van der Waals surface area contributed by atoms with Crippen LogP contribution in [0.4, 0.5) is 0 Å². The molecule has 7 heteroatoms. The minimum atomic E-state index is -4.94. The fourth-order valence-corrected chi connectivity index (χ4v) is 1.71. The molecule has 2 rings (SSSR count). The van der Waals surface area contributed by atoms with Gasteiger partial charge in [-0.2, -0.15) is 0 Å². The third-order valence-corrected chi connectivity index (χ3v) is 2.26. The maximum atomic E-state index is 8.49. The van der Waals surface area contributed by atoms with Gasteiger partial charge in [-0.25, -0.2) is 23.2 Å². The standard InChI is InChI=1S/C8H14NO.ClHO4/c1-2-5-9-6-3-7-10-8(9)4-1;2-1(3,4)5/h1-7H2;(H,2,3,4,5)/q+1;/p-1. The molecule has 2 aliphatic heterocycles. The highest BCUT2D eigenvalue weighted by Crippen LogP contribution is 2.10. The summed E-state index contributed by atoms with van der Waals surface area (Å²) in [6.45, 7) is 3.41. The average Bonchev–Trinajstić information content (AvgIpc) is 2.16. The highest BCUT2D eigenvalue weighted by Gasteiger charge is 2.23. The van der Waals surface area contributed by atoms with E-state index in [1.54, 1.807) is 0 Å². The molecule has 0 saturated carbocycles. The van der Waals surface area contributed by atoms with E-state index in [9.17, 15) is 0 Å². The van der Waals surface area contributed by atoms with E-state index >= 15 is 0 Å². The fourth-order valence-electron chi connectivity index (χ4n) is 1.71. The van der Waals surface area contributed by atoms with E-state index < -0.39 is 10.2 Å². The van der Waals surface area contributed by atoms with E-state index in [4.69, 9.17) is 23.4 Å². The molecule has 0 bridgehead atoms. The van der Waals surface area contributed by atoms with Crippen LogP contribution in [0.25, 0.3) is 0 Å². The van der Waals surface area contributed by atoms with Gasteiger partial charge < -0.3 is 4.74 Å². The predicted octanol–water partition coefficient (Wildman–Crippen LogP) is -3.75. The molecule has 0 aromatic heterocycles. The molecule has 0 N–H and O–H groups in total. The number of rotatable bonds is 0. The maximum absolute atomic E-state index is 8.49. The zero-order valence-corrected chi connectivity index (χ0v) is 9.07. The van der Waals surface area contributed by atoms with Crippen molar-refractivity contribution in [1.82, 2.24) is 0 Å². The molecule has 15 heavy (non-hydrogen) atoms. The van der Waals surface area contributed by atoms with Gasteiger partial charge in [-0.1, -0.05) is 0 Å².